The van der Waals surface area contributed by atoms with Crippen LogP contribution in [0.25, 0.3) is 27.7 Å². The van der Waals surface area contributed by atoms with Crippen LogP contribution in [0.5, 0.6) is 5.75 Å². The Morgan fingerprint density at radius 2 is 1.94 bits per heavy atom. The second-order valence-corrected chi connectivity index (χ2v) is 8.26. The number of aryl methyl sites for hydroxylation is 1. The van der Waals surface area contributed by atoms with Crippen LogP contribution < -0.4 is 10.1 Å². The van der Waals surface area contributed by atoms with Crippen molar-refractivity contribution < 1.29 is 14.1 Å². The molecule has 0 fully saturated rings. The van der Waals surface area contributed by atoms with Crippen molar-refractivity contribution in [2.24, 2.45) is 0 Å². The highest BCUT2D eigenvalue weighted by atomic mass is 32.1. The van der Waals surface area contributed by atoms with Crippen molar-refractivity contribution in [3.8, 4) is 17.1 Å². The predicted molar refractivity (Wildman–Crippen MR) is 126 cm³/mol. The molecule has 32 heavy (non-hydrogen) atoms. The average Bonchev–Trinajstić information content (AvgIpc) is 3.47. The molecular formula is C24H24N4O3S. The van der Waals surface area contributed by atoms with Crippen molar-refractivity contribution >= 4 is 33.5 Å². The van der Waals surface area contributed by atoms with E-state index in [4.69, 9.17) is 9.26 Å². The number of para-hydroxylation sites is 1. The molecule has 8 heteroatoms. The van der Waals surface area contributed by atoms with Crippen LogP contribution in [-0.4, -0.2) is 34.7 Å². The Balaban J connectivity index is 1.13. The summed E-state index contributed by atoms with van der Waals surface area (Å²) in [5.74, 6) is 1.88. The summed E-state index contributed by atoms with van der Waals surface area (Å²) in [5, 5.41) is 7.78. The summed E-state index contributed by atoms with van der Waals surface area (Å²) in [7, 11) is 1.63. The summed E-state index contributed by atoms with van der Waals surface area (Å²) in [6.45, 7) is 0.629. The Morgan fingerprint density at radius 1 is 1.09 bits per heavy atom. The van der Waals surface area contributed by atoms with Gasteiger partial charge >= 0.3 is 0 Å². The van der Waals surface area contributed by atoms with E-state index < -0.39 is 0 Å². The number of rotatable bonds is 10. The fourth-order valence-electron chi connectivity index (χ4n) is 3.17. The molecule has 0 aliphatic rings. The summed E-state index contributed by atoms with van der Waals surface area (Å²) < 4.78 is 11.6. The lowest BCUT2D eigenvalue weighted by atomic mass is 10.2. The Morgan fingerprint density at radius 3 is 2.75 bits per heavy atom. The highest BCUT2D eigenvalue weighted by Crippen LogP contribution is 2.22. The third kappa shape index (κ3) is 5.79. The number of hydrogen-bond donors (Lipinski definition) is 1. The van der Waals surface area contributed by atoms with Crippen LogP contribution in [-0.2, 0) is 11.2 Å². The van der Waals surface area contributed by atoms with Gasteiger partial charge in [-0.1, -0.05) is 23.7 Å². The Kier molecular flexibility index (Phi) is 7.24. The van der Waals surface area contributed by atoms with E-state index in [0.717, 1.165) is 45.8 Å². The van der Waals surface area contributed by atoms with E-state index in [0.29, 0.717) is 24.7 Å². The summed E-state index contributed by atoms with van der Waals surface area (Å²) >= 11 is 1.57. The molecule has 0 saturated heterocycles. The molecule has 0 unspecified atom stereocenters. The SMILES string of the molecule is COc1ccc(-c2noc(CCCCCNC(=O)/C=C/c3nc4ccccc4s3)n2)cc1. The smallest absolute Gasteiger partial charge is 0.244 e. The third-order valence-electron chi connectivity index (χ3n) is 4.87. The van der Waals surface area contributed by atoms with E-state index in [2.05, 4.69) is 20.4 Å². The molecule has 7 nitrogen and oxygen atoms in total. The van der Waals surface area contributed by atoms with E-state index in [9.17, 15) is 4.79 Å². The molecule has 2 aromatic carbocycles. The van der Waals surface area contributed by atoms with Gasteiger partial charge in [0, 0.05) is 24.6 Å². The highest BCUT2D eigenvalue weighted by molar-refractivity contribution is 7.19. The average molecular weight is 449 g/mol. The molecular weight excluding hydrogens is 424 g/mol. The van der Waals surface area contributed by atoms with Gasteiger partial charge in [-0.15, -0.1) is 11.3 Å². The number of thiazole rings is 1. The molecule has 0 spiro atoms. The van der Waals surface area contributed by atoms with Gasteiger partial charge in [0.2, 0.25) is 17.6 Å². The maximum absolute atomic E-state index is 12.0. The largest absolute Gasteiger partial charge is 0.497 e. The number of nitrogens with one attached hydrogen (secondary N) is 1. The highest BCUT2D eigenvalue weighted by Gasteiger charge is 2.08. The third-order valence-corrected chi connectivity index (χ3v) is 5.87. The second kappa shape index (κ2) is 10.7. The topological polar surface area (TPSA) is 90.1 Å². The number of nitrogens with zero attached hydrogens (tertiary/aromatic N) is 3. The first-order chi connectivity index (χ1) is 15.7. The molecule has 0 saturated carbocycles. The number of methoxy groups -OCH3 is 1. The number of benzene rings is 2. The zero-order valence-electron chi connectivity index (χ0n) is 17.8. The van der Waals surface area contributed by atoms with E-state index >= 15 is 0 Å². The number of unbranched alkanes of at least 4 members (excludes halogenated alkanes) is 2. The van der Waals surface area contributed by atoms with Gasteiger partial charge in [0.1, 0.15) is 10.8 Å². The number of fused-ring (bicyclic) bond motifs is 1. The van der Waals surface area contributed by atoms with Crippen LogP contribution in [0.4, 0.5) is 0 Å². The van der Waals surface area contributed by atoms with Gasteiger partial charge in [-0.3, -0.25) is 4.79 Å². The van der Waals surface area contributed by atoms with Gasteiger partial charge in [-0.2, -0.15) is 4.98 Å². The maximum atomic E-state index is 12.0. The number of amides is 1. The zero-order valence-corrected chi connectivity index (χ0v) is 18.6. The first-order valence-electron chi connectivity index (χ1n) is 10.5. The standard InChI is InChI=1S/C24H24N4O3S/c1-30-18-12-10-17(11-13-18)24-27-22(31-28-24)9-3-2-6-16-25-21(29)14-15-23-26-19-7-4-5-8-20(19)32-23/h4-5,7-8,10-15H,2-3,6,9,16H2,1H3,(H,25,29)/b15-14+. The van der Waals surface area contributed by atoms with Crippen LogP contribution in [0, 0.1) is 0 Å². The first-order valence-corrected chi connectivity index (χ1v) is 11.3. The van der Waals surface area contributed by atoms with Gasteiger partial charge < -0.3 is 14.6 Å². The second-order valence-electron chi connectivity index (χ2n) is 7.20. The number of ether oxygens (including phenoxy) is 1. The molecule has 1 amide bonds. The summed E-state index contributed by atoms with van der Waals surface area (Å²) in [5.41, 5.74) is 1.84. The van der Waals surface area contributed by atoms with E-state index in [1.165, 1.54) is 6.08 Å². The van der Waals surface area contributed by atoms with Gasteiger partial charge in [-0.25, -0.2) is 4.98 Å². The fourth-order valence-corrected chi connectivity index (χ4v) is 4.04. The molecule has 2 aromatic heterocycles. The lowest BCUT2D eigenvalue weighted by molar-refractivity contribution is -0.116. The zero-order chi connectivity index (χ0) is 22.2. The van der Waals surface area contributed by atoms with Gasteiger partial charge in [0.25, 0.3) is 0 Å². The fraction of sp³-hybridized carbons (Fsp3) is 0.250. The molecule has 0 radical (unpaired) electrons. The minimum Gasteiger partial charge on any atom is -0.497 e. The van der Waals surface area contributed by atoms with Crippen molar-refractivity contribution in [3.05, 3.63) is 65.5 Å². The van der Waals surface area contributed by atoms with E-state index in [1.54, 1.807) is 24.5 Å². The van der Waals surface area contributed by atoms with Crippen LogP contribution in [0.1, 0.15) is 30.2 Å². The molecule has 0 aliphatic heterocycles. The van der Waals surface area contributed by atoms with Crippen molar-refractivity contribution in [1.82, 2.24) is 20.4 Å². The molecule has 0 atom stereocenters. The van der Waals surface area contributed by atoms with Gasteiger partial charge in [-0.05, 0) is 55.3 Å². The maximum Gasteiger partial charge on any atom is 0.244 e. The molecule has 1 N–H and O–H groups in total. The van der Waals surface area contributed by atoms with Crippen LogP contribution >= 0.6 is 11.3 Å². The molecule has 2 heterocycles. The minimum absolute atomic E-state index is 0.106. The molecule has 4 rings (SSSR count). The van der Waals surface area contributed by atoms with Crippen molar-refractivity contribution in [2.45, 2.75) is 25.7 Å². The number of carbonyl (C=O) groups excluding carboxylic acids is 1. The lowest BCUT2D eigenvalue weighted by Gasteiger charge is -2.01. The minimum atomic E-state index is -0.106. The lowest BCUT2D eigenvalue weighted by Crippen LogP contribution is -2.21. The van der Waals surface area contributed by atoms with Crippen LogP contribution in [0.3, 0.4) is 0 Å². The van der Waals surface area contributed by atoms with E-state index in [1.807, 2.05) is 48.5 Å². The van der Waals surface area contributed by atoms with Gasteiger partial charge in [0.05, 0.1) is 17.3 Å². The van der Waals surface area contributed by atoms with Crippen molar-refractivity contribution in [1.29, 1.82) is 0 Å². The van der Waals surface area contributed by atoms with Gasteiger partial charge in [0.15, 0.2) is 0 Å². The first kappa shape index (κ1) is 21.7. The molecule has 0 aliphatic carbocycles. The quantitative estimate of drug-likeness (QED) is 0.274. The Labute approximate surface area is 190 Å². The molecule has 164 valence electrons. The van der Waals surface area contributed by atoms with Crippen molar-refractivity contribution in [3.63, 3.8) is 0 Å². The summed E-state index contributed by atoms with van der Waals surface area (Å²) in [6.07, 6.45) is 6.78. The predicted octanol–water partition coefficient (Wildman–Crippen LogP) is 4.90. The number of hydrogen-bond acceptors (Lipinski definition) is 7. The van der Waals surface area contributed by atoms with E-state index in [-0.39, 0.29) is 5.91 Å². The van der Waals surface area contributed by atoms with Crippen LogP contribution in [0.2, 0.25) is 0 Å². The Bertz CT molecular complexity index is 1160. The molecule has 0 bridgehead atoms. The normalized spacial score (nSPS) is 11.3. The van der Waals surface area contributed by atoms with Crippen molar-refractivity contribution in [2.75, 3.05) is 13.7 Å². The van der Waals surface area contributed by atoms with Crippen LogP contribution in [0.15, 0.2) is 59.1 Å². The number of aromatic nitrogens is 3. The summed E-state index contributed by atoms with van der Waals surface area (Å²) in [4.78, 5) is 20.9. The molecule has 4 aromatic rings. The number of carbonyl (C=O) groups is 1. The monoisotopic (exact) mass is 448 g/mol. The summed E-state index contributed by atoms with van der Waals surface area (Å²) in [6, 6.07) is 15.5. The Hall–Kier alpha value is -3.52.